The summed E-state index contributed by atoms with van der Waals surface area (Å²) in [6, 6.07) is 9.13. The van der Waals surface area contributed by atoms with Gasteiger partial charge in [-0.15, -0.1) is 0 Å². The molecule has 0 unspecified atom stereocenters. The summed E-state index contributed by atoms with van der Waals surface area (Å²) in [5.41, 5.74) is 0. The number of carbonyl (C=O) groups is 1. The van der Waals surface area contributed by atoms with Crippen LogP contribution in [0, 0.1) is 0 Å². The number of piperidine rings is 1. The number of hydrogen-bond acceptors (Lipinski definition) is 4. The van der Waals surface area contributed by atoms with Gasteiger partial charge in [0.15, 0.2) is 0 Å². The van der Waals surface area contributed by atoms with Crippen molar-refractivity contribution < 1.29 is 22.8 Å². The van der Waals surface area contributed by atoms with Crippen molar-refractivity contribution in [3.8, 4) is 0 Å². The molecule has 1 aromatic rings. The molecule has 3 rings (SSSR count). The molecular weight excluding hydrogens is 354 g/mol. The van der Waals surface area contributed by atoms with Crippen molar-refractivity contribution in [1.29, 1.82) is 0 Å². The van der Waals surface area contributed by atoms with Gasteiger partial charge >= 0.3 is 6.09 Å². The maximum Gasteiger partial charge on any atom is 0.409 e. The minimum Gasteiger partial charge on any atom is -0.450 e. The minimum absolute atomic E-state index is 0.222. The van der Waals surface area contributed by atoms with E-state index in [4.69, 9.17) is 4.74 Å². The molecule has 2 fully saturated rings. The van der Waals surface area contributed by atoms with Gasteiger partial charge in [-0.05, 0) is 19.1 Å². The molecule has 144 valence electrons. The monoisotopic (exact) mass is 382 g/mol. The van der Waals surface area contributed by atoms with Crippen molar-refractivity contribution >= 4 is 16.1 Å². The van der Waals surface area contributed by atoms with Crippen molar-refractivity contribution in [3.63, 3.8) is 0 Å². The number of sulfonamides is 1. The maximum absolute atomic E-state index is 12.7. The van der Waals surface area contributed by atoms with Crippen molar-refractivity contribution in [2.45, 2.75) is 30.7 Å². The predicted octanol–water partition coefficient (Wildman–Crippen LogP) is 0.197. The summed E-state index contributed by atoms with van der Waals surface area (Å²) >= 11 is 0. The highest BCUT2D eigenvalue weighted by atomic mass is 32.2. The highest BCUT2D eigenvalue weighted by Crippen LogP contribution is 2.15. The molecule has 1 amide bonds. The molecule has 2 aliphatic heterocycles. The van der Waals surface area contributed by atoms with Crippen molar-refractivity contribution in [1.82, 2.24) is 9.21 Å². The van der Waals surface area contributed by atoms with E-state index in [1.165, 1.54) is 4.90 Å². The van der Waals surface area contributed by atoms with E-state index in [1.54, 1.807) is 33.5 Å². The van der Waals surface area contributed by atoms with Crippen LogP contribution in [-0.2, 0) is 14.8 Å². The Balaban J connectivity index is 1.51. The molecule has 7 nitrogen and oxygen atoms in total. The summed E-state index contributed by atoms with van der Waals surface area (Å²) < 4.78 is 32.1. The molecule has 0 aliphatic carbocycles. The molecule has 2 heterocycles. The van der Waals surface area contributed by atoms with E-state index in [-0.39, 0.29) is 6.09 Å². The first-order valence-corrected chi connectivity index (χ1v) is 10.8. The van der Waals surface area contributed by atoms with Crippen LogP contribution in [0.15, 0.2) is 35.2 Å². The topological polar surface area (TPSA) is 71.4 Å². The fraction of sp³-hybridized carbons (Fsp3) is 0.611. The van der Waals surface area contributed by atoms with Gasteiger partial charge in [0.2, 0.25) is 10.0 Å². The molecule has 1 aromatic carbocycles. The molecular formula is C18H28N3O4S+. The van der Waals surface area contributed by atoms with Gasteiger partial charge in [-0.25, -0.2) is 13.2 Å². The Hall–Kier alpha value is -1.64. The quantitative estimate of drug-likeness (QED) is 0.807. The normalized spacial score (nSPS) is 20.9. The van der Waals surface area contributed by atoms with Gasteiger partial charge in [0.1, 0.15) is 0 Å². The van der Waals surface area contributed by atoms with Gasteiger partial charge in [0, 0.05) is 25.9 Å². The van der Waals surface area contributed by atoms with E-state index >= 15 is 0 Å². The molecule has 2 saturated heterocycles. The number of likely N-dealkylation sites (tertiary alicyclic amines) is 1. The Morgan fingerprint density at radius 1 is 1.12 bits per heavy atom. The zero-order valence-corrected chi connectivity index (χ0v) is 16.1. The molecule has 0 saturated carbocycles. The Labute approximate surface area is 155 Å². The lowest BCUT2D eigenvalue weighted by molar-refractivity contribution is -0.930. The zero-order chi connectivity index (χ0) is 18.6. The Kier molecular flexibility index (Phi) is 6.16. The Morgan fingerprint density at radius 3 is 2.31 bits per heavy atom. The fourth-order valence-electron chi connectivity index (χ4n) is 3.85. The second-order valence-corrected chi connectivity index (χ2v) is 8.77. The number of piperazine rings is 1. The van der Waals surface area contributed by atoms with Crippen LogP contribution in [0.5, 0.6) is 0 Å². The van der Waals surface area contributed by atoms with E-state index in [0.717, 1.165) is 39.0 Å². The first-order chi connectivity index (χ1) is 12.5. The standard InChI is InChI=1S/C18H27N3O4S/c1-2-25-18(22)20-10-8-16(9-11-20)19-12-14-21(15-13-19)26(23,24)17-6-4-3-5-7-17/h3-7,16H,2,8-15H2,1H3/p+1. The van der Waals surface area contributed by atoms with Crippen LogP contribution in [0.2, 0.25) is 0 Å². The van der Waals surface area contributed by atoms with E-state index in [9.17, 15) is 13.2 Å². The van der Waals surface area contributed by atoms with E-state index in [1.807, 2.05) is 13.0 Å². The second-order valence-electron chi connectivity index (χ2n) is 6.84. The molecule has 0 bridgehead atoms. The number of quaternary nitrogens is 1. The van der Waals surface area contributed by atoms with E-state index in [2.05, 4.69) is 0 Å². The lowest BCUT2D eigenvalue weighted by Crippen LogP contribution is -3.18. The number of carbonyl (C=O) groups excluding carboxylic acids is 1. The largest absolute Gasteiger partial charge is 0.450 e. The molecule has 1 N–H and O–H groups in total. The van der Waals surface area contributed by atoms with E-state index < -0.39 is 10.0 Å². The van der Waals surface area contributed by atoms with Crippen LogP contribution in [0.4, 0.5) is 4.79 Å². The number of nitrogens with zero attached hydrogens (tertiary/aromatic N) is 2. The number of hydrogen-bond donors (Lipinski definition) is 1. The Bertz CT molecular complexity index is 694. The SMILES string of the molecule is CCOC(=O)N1CCC([NH+]2CCN(S(=O)(=O)c3ccccc3)CC2)CC1. The molecule has 0 radical (unpaired) electrons. The van der Waals surface area contributed by atoms with Crippen molar-refractivity contribution in [2.75, 3.05) is 45.9 Å². The third-order valence-corrected chi connectivity index (χ3v) is 7.26. The van der Waals surface area contributed by atoms with E-state index in [0.29, 0.717) is 30.6 Å². The van der Waals surface area contributed by atoms with Gasteiger partial charge in [0.25, 0.3) is 0 Å². The number of ether oxygens (including phenoxy) is 1. The number of nitrogens with one attached hydrogen (secondary N) is 1. The van der Waals surface area contributed by atoms with Crippen molar-refractivity contribution in [2.24, 2.45) is 0 Å². The van der Waals surface area contributed by atoms with Gasteiger partial charge in [-0.3, -0.25) is 0 Å². The third-order valence-electron chi connectivity index (χ3n) is 5.34. The molecule has 8 heteroatoms. The first-order valence-electron chi connectivity index (χ1n) is 9.34. The van der Waals surface area contributed by atoms with Crippen LogP contribution in [0.1, 0.15) is 19.8 Å². The average molecular weight is 383 g/mol. The third kappa shape index (κ3) is 4.19. The highest BCUT2D eigenvalue weighted by molar-refractivity contribution is 7.89. The summed E-state index contributed by atoms with van der Waals surface area (Å²) in [4.78, 5) is 15.4. The maximum atomic E-state index is 12.7. The second kappa shape index (κ2) is 8.37. The van der Waals surface area contributed by atoms with Crippen LogP contribution in [0.3, 0.4) is 0 Å². The predicted molar refractivity (Wildman–Crippen MR) is 97.5 cm³/mol. The Morgan fingerprint density at radius 2 is 1.73 bits per heavy atom. The molecule has 0 spiro atoms. The highest BCUT2D eigenvalue weighted by Gasteiger charge is 2.35. The molecule has 0 aromatic heterocycles. The molecule has 0 atom stereocenters. The van der Waals surface area contributed by atoms with Gasteiger partial charge in [-0.2, -0.15) is 4.31 Å². The minimum atomic E-state index is -3.39. The first kappa shape index (κ1) is 19.1. The van der Waals surface area contributed by atoms with Crippen molar-refractivity contribution in [3.05, 3.63) is 30.3 Å². The number of amides is 1. The van der Waals surface area contributed by atoms with Gasteiger partial charge in [-0.1, -0.05) is 18.2 Å². The van der Waals surface area contributed by atoms with Crippen LogP contribution < -0.4 is 4.90 Å². The zero-order valence-electron chi connectivity index (χ0n) is 15.3. The smallest absolute Gasteiger partial charge is 0.409 e. The molecule has 26 heavy (non-hydrogen) atoms. The lowest BCUT2D eigenvalue weighted by atomic mass is 10.0. The van der Waals surface area contributed by atoms with Crippen LogP contribution in [-0.4, -0.2) is 75.6 Å². The van der Waals surface area contributed by atoms with Crippen LogP contribution in [0.25, 0.3) is 0 Å². The molecule has 2 aliphatic rings. The summed E-state index contributed by atoms with van der Waals surface area (Å²) in [6.07, 6.45) is 1.67. The summed E-state index contributed by atoms with van der Waals surface area (Å²) in [5, 5.41) is 0. The fourth-order valence-corrected chi connectivity index (χ4v) is 5.31. The van der Waals surface area contributed by atoms with Crippen LogP contribution >= 0.6 is 0 Å². The summed E-state index contributed by atoms with van der Waals surface area (Å²) in [7, 11) is -3.39. The summed E-state index contributed by atoms with van der Waals surface area (Å²) in [6.45, 7) is 6.39. The van der Waals surface area contributed by atoms with Gasteiger partial charge < -0.3 is 14.5 Å². The average Bonchev–Trinajstić information content (AvgIpc) is 2.69. The number of rotatable bonds is 4. The summed E-state index contributed by atoms with van der Waals surface area (Å²) in [5.74, 6) is 0. The lowest BCUT2D eigenvalue weighted by Gasteiger charge is -2.39. The van der Waals surface area contributed by atoms with Gasteiger partial charge in [0.05, 0.1) is 43.7 Å². The number of benzene rings is 1.